The third kappa shape index (κ3) is 25.9. The monoisotopic (exact) mass is 1180 g/mol. The maximum absolute atomic E-state index is 14.9. The van der Waals surface area contributed by atoms with Gasteiger partial charge in [0.25, 0.3) is 0 Å². The average Bonchev–Trinajstić information content (AvgIpc) is 3.98. The van der Waals surface area contributed by atoms with Crippen molar-refractivity contribution in [2.75, 3.05) is 59.2 Å². The van der Waals surface area contributed by atoms with E-state index in [0.717, 1.165) is 31.2 Å². The molecule has 0 aromatic heterocycles. The predicted molar refractivity (Wildman–Crippen MR) is 317 cm³/mol. The molecule has 8 atom stereocenters. The highest BCUT2D eigenvalue weighted by Crippen LogP contribution is 2.42. The molecule has 3 fully saturated rings. The smallest absolute Gasteiger partial charge is 0.317 e. The molecular weight excluding hydrogens is 1070 g/mol. The van der Waals surface area contributed by atoms with E-state index in [1.54, 1.807) is 0 Å². The van der Waals surface area contributed by atoms with Crippen molar-refractivity contribution < 1.29 is 59.7 Å². The minimum atomic E-state index is -2.59. The Bertz CT molecular complexity index is 1820. The topological polar surface area (TPSA) is 205 Å². The Morgan fingerprint density at radius 3 is 1.41 bits per heavy atom. The molecule has 0 spiro atoms. The van der Waals surface area contributed by atoms with Gasteiger partial charge in [-0.25, -0.2) is 0 Å². The van der Waals surface area contributed by atoms with Gasteiger partial charge in [-0.2, -0.15) is 0 Å². The van der Waals surface area contributed by atoms with Crippen LogP contribution in [0.5, 0.6) is 0 Å². The van der Waals surface area contributed by atoms with Crippen LogP contribution in [-0.4, -0.2) is 168 Å². The van der Waals surface area contributed by atoms with Gasteiger partial charge < -0.3 is 51.1 Å². The van der Waals surface area contributed by atoms with Crippen LogP contribution in [0.4, 0.5) is 0 Å². The average molecular weight is 1180 g/mol. The number of epoxide rings is 1. The number of hydrogen-bond acceptors (Lipinski definition) is 16. The van der Waals surface area contributed by atoms with Crippen LogP contribution in [-0.2, 0) is 54.6 Å². The van der Waals surface area contributed by atoms with Crippen molar-refractivity contribution >= 4 is 74.1 Å². The summed E-state index contributed by atoms with van der Waals surface area (Å²) < 4.78 is 50.5. The van der Waals surface area contributed by atoms with E-state index < -0.39 is 92.2 Å². The first-order valence-corrected chi connectivity index (χ1v) is 47.1. The van der Waals surface area contributed by atoms with Gasteiger partial charge in [0, 0.05) is 31.8 Å². The number of aliphatic hydroxyl groups is 1. The van der Waals surface area contributed by atoms with Crippen LogP contribution in [0.2, 0.25) is 103 Å². The number of imide groups is 1. The fourth-order valence-corrected chi connectivity index (χ4v) is 38.1. The van der Waals surface area contributed by atoms with Gasteiger partial charge >= 0.3 is 29.1 Å². The van der Waals surface area contributed by atoms with Gasteiger partial charge in [-0.15, -0.1) is 0 Å². The van der Waals surface area contributed by atoms with Crippen LogP contribution in [0, 0.1) is 47.3 Å². The molecule has 17 nitrogen and oxygen atoms in total. The van der Waals surface area contributed by atoms with E-state index in [4.69, 9.17) is 35.4 Å². The Labute approximate surface area is 467 Å². The number of carbonyl (C=O) groups excluding carboxylic acids is 4. The largest absolute Gasteiger partial charge is 0.436 e. The number of nitrogens with one attached hydrogen (secondary N) is 3. The van der Waals surface area contributed by atoms with Crippen molar-refractivity contribution in [1.82, 2.24) is 20.9 Å². The van der Waals surface area contributed by atoms with Crippen LogP contribution in [0.25, 0.3) is 0 Å². The first-order valence-electron chi connectivity index (χ1n) is 29.0. The molecule has 23 heteroatoms. The zero-order chi connectivity index (χ0) is 57.6. The standard InChI is InChI=1S/C53H110N4O13Si6/c1-38(2)29-47-48(53(62)66-52(47)61)31-42(33-63-35-44-36-65-44)30-45-46(51(60)57(50(45)59)24-28-74(15,16)70-76(19,20)68-72(11,12)26-22-55-41(7)8)32-43(39(3)4)34-64-37-49(58)56-23-27-73(13,14)69-75(17,18)67-71(9,10)25-21-54-40(5)6/h38-49,54-56,58H,21-37H2,1-20H3. The van der Waals surface area contributed by atoms with Gasteiger partial charge in [0.2, 0.25) is 11.8 Å². The molecule has 0 radical (unpaired) electrons. The fraction of sp³-hybridized carbons (Fsp3) is 0.925. The highest BCUT2D eigenvalue weighted by atomic mass is 28.5. The lowest BCUT2D eigenvalue weighted by Crippen LogP contribution is -2.53. The first kappa shape index (κ1) is 69.4. The van der Waals surface area contributed by atoms with Crippen LogP contribution < -0.4 is 16.0 Å². The Balaban J connectivity index is 1.78. The molecule has 444 valence electrons. The van der Waals surface area contributed by atoms with Gasteiger partial charge in [-0.05, 0) is 172 Å². The quantitative estimate of drug-likeness (QED) is 0.0113. The van der Waals surface area contributed by atoms with Gasteiger partial charge in [0.1, 0.15) is 12.3 Å². The van der Waals surface area contributed by atoms with E-state index in [2.05, 4.69) is 136 Å². The van der Waals surface area contributed by atoms with Gasteiger partial charge in [-0.3, -0.25) is 29.4 Å². The second-order valence-electron chi connectivity index (χ2n) is 27.2. The van der Waals surface area contributed by atoms with Crippen molar-refractivity contribution in [1.29, 1.82) is 0 Å². The molecule has 0 bridgehead atoms. The minimum absolute atomic E-state index is 0.0114. The van der Waals surface area contributed by atoms with E-state index in [-0.39, 0.29) is 68.0 Å². The minimum Gasteiger partial charge on any atom is -0.436 e. The second kappa shape index (κ2) is 30.4. The highest BCUT2D eigenvalue weighted by Gasteiger charge is 2.52. The van der Waals surface area contributed by atoms with E-state index in [9.17, 15) is 24.3 Å². The number of aliphatic hydroxyl groups excluding tert-OH is 1. The number of carbonyl (C=O) groups is 4. The van der Waals surface area contributed by atoms with Crippen LogP contribution in [0.3, 0.4) is 0 Å². The summed E-state index contributed by atoms with van der Waals surface area (Å²) in [5.74, 6) is -4.20. The van der Waals surface area contributed by atoms with Gasteiger partial charge in [0.05, 0.1) is 43.5 Å². The SMILES string of the molecule is CC(C)CC1C(=O)OC(=O)C1CC(COCC1CO1)CC1C(=O)N(CC[Si](C)(C)O[Si](C)(C)O[Si](C)(C)CCNC(C)C)C(=O)C1CC(COCC(O)NCC[Si](C)(C)O[Si](C)(C)O[Si](C)(C)CCNC(C)C)C(C)C. The summed E-state index contributed by atoms with van der Waals surface area (Å²) in [5, 5.41) is 21.4. The van der Waals surface area contributed by atoms with E-state index in [0.29, 0.717) is 63.6 Å². The third-order valence-electron chi connectivity index (χ3n) is 14.7. The number of cyclic esters (lactones) is 2. The summed E-state index contributed by atoms with van der Waals surface area (Å²) in [4.78, 5) is 57.7. The number of hydrogen-bond donors (Lipinski definition) is 4. The Morgan fingerprint density at radius 2 is 0.974 bits per heavy atom. The predicted octanol–water partition coefficient (Wildman–Crippen LogP) is 8.63. The lowest BCUT2D eigenvalue weighted by atomic mass is 9.75. The van der Waals surface area contributed by atoms with Crippen LogP contribution in [0.15, 0.2) is 0 Å². The van der Waals surface area contributed by atoms with Crippen molar-refractivity contribution in [2.45, 2.75) is 208 Å². The Hall–Kier alpha value is -0.859. The maximum atomic E-state index is 14.9. The summed E-state index contributed by atoms with van der Waals surface area (Å²) >= 11 is 0. The van der Waals surface area contributed by atoms with Crippen molar-refractivity contribution in [3.63, 3.8) is 0 Å². The van der Waals surface area contributed by atoms with Crippen molar-refractivity contribution in [3.8, 4) is 0 Å². The molecule has 76 heavy (non-hydrogen) atoms. The lowest BCUT2D eigenvalue weighted by molar-refractivity contribution is -0.154. The van der Waals surface area contributed by atoms with Crippen molar-refractivity contribution in [2.24, 2.45) is 47.3 Å². The number of likely N-dealkylation sites (tertiary alicyclic amines) is 1. The molecule has 0 aliphatic carbocycles. The van der Waals surface area contributed by atoms with E-state index in [1.165, 1.54) is 4.90 Å². The summed E-state index contributed by atoms with van der Waals surface area (Å²) in [6, 6.07) is 4.17. The summed E-state index contributed by atoms with van der Waals surface area (Å²) in [5.41, 5.74) is 0. The van der Waals surface area contributed by atoms with Crippen LogP contribution in [0.1, 0.15) is 81.1 Å². The molecule has 4 N–H and O–H groups in total. The molecule has 0 saturated carbocycles. The molecular formula is C53H110N4O13Si6. The normalized spacial score (nSPS) is 22.5. The highest BCUT2D eigenvalue weighted by molar-refractivity contribution is 6.88. The summed E-state index contributed by atoms with van der Waals surface area (Å²) in [6.45, 7) is 47.3. The molecule has 2 amide bonds. The fourth-order valence-electron chi connectivity index (χ4n) is 11.1. The zero-order valence-electron chi connectivity index (χ0n) is 51.2. The Morgan fingerprint density at radius 1 is 0.553 bits per heavy atom. The number of rotatable bonds is 40. The molecule has 0 aromatic rings. The number of amides is 2. The molecule has 3 aliphatic heterocycles. The summed E-state index contributed by atoms with van der Waals surface area (Å²) in [6.07, 6.45) is 0.625. The lowest BCUT2D eigenvalue weighted by Gasteiger charge is -2.39. The maximum Gasteiger partial charge on any atom is 0.317 e. The number of ether oxygens (including phenoxy) is 4. The van der Waals surface area contributed by atoms with Gasteiger partial charge in [-0.1, -0.05) is 55.4 Å². The van der Waals surface area contributed by atoms with Crippen molar-refractivity contribution in [3.05, 3.63) is 0 Å². The summed E-state index contributed by atoms with van der Waals surface area (Å²) in [7, 11) is -13.6. The number of esters is 2. The molecule has 3 aliphatic rings. The first-order chi connectivity index (χ1) is 34.9. The van der Waals surface area contributed by atoms with E-state index in [1.807, 2.05) is 13.8 Å². The molecule has 8 unspecified atom stereocenters. The second-order valence-corrected chi connectivity index (χ2v) is 52.1. The zero-order valence-corrected chi connectivity index (χ0v) is 57.2. The molecule has 0 aromatic carbocycles. The molecule has 3 saturated heterocycles. The van der Waals surface area contributed by atoms with Gasteiger partial charge in [0.15, 0.2) is 33.3 Å². The van der Waals surface area contributed by atoms with E-state index >= 15 is 0 Å². The molecule has 3 rings (SSSR count). The van der Waals surface area contributed by atoms with Crippen LogP contribution >= 0.6 is 0 Å². The molecule has 3 heterocycles. The third-order valence-corrected chi connectivity index (χ3v) is 37.2. The Kier molecular flexibility index (Phi) is 27.8. The number of nitrogens with zero attached hydrogens (tertiary/aromatic N) is 1.